The summed E-state index contributed by atoms with van der Waals surface area (Å²) in [6, 6.07) is 18.3. The Morgan fingerprint density at radius 3 is 2.56 bits per heavy atom. The quantitative estimate of drug-likeness (QED) is 0.258. The van der Waals surface area contributed by atoms with E-state index in [0.29, 0.717) is 58.4 Å². The maximum Gasteiger partial charge on any atom is 0.335 e. The van der Waals surface area contributed by atoms with Gasteiger partial charge >= 0.3 is 5.97 Å². The van der Waals surface area contributed by atoms with Gasteiger partial charge in [0.05, 0.1) is 35.4 Å². The second-order valence-corrected chi connectivity index (χ2v) is 9.74. The average molecular weight is 557 g/mol. The van der Waals surface area contributed by atoms with Gasteiger partial charge in [0, 0.05) is 42.6 Å². The number of aromatic nitrogens is 4. The van der Waals surface area contributed by atoms with Crippen molar-refractivity contribution in [3.8, 4) is 17.1 Å². The summed E-state index contributed by atoms with van der Waals surface area (Å²) in [7, 11) is 1.59. The van der Waals surface area contributed by atoms with Crippen LogP contribution >= 0.6 is 0 Å². The minimum atomic E-state index is -1.03. The molecule has 0 amide bonds. The van der Waals surface area contributed by atoms with Crippen molar-refractivity contribution in [2.24, 2.45) is 0 Å². The molecule has 0 saturated heterocycles. The molecule has 0 aliphatic heterocycles. The molecule has 210 valence electrons. The van der Waals surface area contributed by atoms with Gasteiger partial charge in [-0.25, -0.2) is 19.2 Å². The number of imidazole rings is 1. The second-order valence-electron chi connectivity index (χ2n) is 9.74. The predicted octanol–water partition coefficient (Wildman–Crippen LogP) is 4.99. The molecule has 5 aromatic rings. The first-order valence-electron chi connectivity index (χ1n) is 13.0. The summed E-state index contributed by atoms with van der Waals surface area (Å²) >= 11 is 0. The number of nitrogens with zero attached hydrogens (tertiary/aromatic N) is 4. The Morgan fingerprint density at radius 2 is 1.83 bits per heavy atom. The van der Waals surface area contributed by atoms with Crippen LogP contribution < -0.4 is 10.3 Å². The van der Waals surface area contributed by atoms with E-state index in [1.54, 1.807) is 48.1 Å². The highest BCUT2D eigenvalue weighted by Gasteiger charge is 2.16. The summed E-state index contributed by atoms with van der Waals surface area (Å²) in [6.45, 7) is 4.70. The first kappa shape index (κ1) is 27.7. The average Bonchev–Trinajstić information content (AvgIpc) is 3.29. The van der Waals surface area contributed by atoms with E-state index in [1.807, 2.05) is 30.5 Å². The van der Waals surface area contributed by atoms with E-state index in [1.165, 1.54) is 18.2 Å². The molecular weight excluding hydrogens is 527 g/mol. The Balaban J connectivity index is 1.42. The van der Waals surface area contributed by atoms with Crippen molar-refractivity contribution in [3.63, 3.8) is 0 Å². The number of methoxy groups -OCH3 is 1. The lowest BCUT2D eigenvalue weighted by molar-refractivity contribution is 0.0697. The van der Waals surface area contributed by atoms with Gasteiger partial charge in [0.1, 0.15) is 18.2 Å². The molecule has 0 aliphatic carbocycles. The number of carboxylic acid groups (broad SMARTS) is 1. The van der Waals surface area contributed by atoms with E-state index in [-0.39, 0.29) is 30.1 Å². The third kappa shape index (κ3) is 6.02. The lowest BCUT2D eigenvalue weighted by atomic mass is 10.1. The Bertz CT molecular complexity index is 1810. The number of hydrogen-bond acceptors (Lipinski definition) is 6. The number of benzene rings is 2. The van der Waals surface area contributed by atoms with Gasteiger partial charge in [0.2, 0.25) is 5.88 Å². The van der Waals surface area contributed by atoms with Crippen molar-refractivity contribution in [1.82, 2.24) is 19.1 Å². The molecule has 9 nitrogen and oxygen atoms in total. The lowest BCUT2D eigenvalue weighted by Gasteiger charge is -2.14. The molecule has 0 bridgehead atoms. The van der Waals surface area contributed by atoms with Crippen LogP contribution in [0.3, 0.4) is 0 Å². The smallest absolute Gasteiger partial charge is 0.335 e. The van der Waals surface area contributed by atoms with Crippen molar-refractivity contribution >= 4 is 17.0 Å². The Labute approximate surface area is 235 Å². The van der Waals surface area contributed by atoms with Crippen molar-refractivity contribution in [1.29, 1.82) is 0 Å². The third-order valence-corrected chi connectivity index (χ3v) is 6.83. The number of hydrogen-bond donors (Lipinski definition) is 1. The summed E-state index contributed by atoms with van der Waals surface area (Å²) in [5.41, 5.74) is 4.32. The molecule has 3 heterocycles. The topological polar surface area (TPSA) is 108 Å². The van der Waals surface area contributed by atoms with Gasteiger partial charge in [0.15, 0.2) is 0 Å². The van der Waals surface area contributed by atoms with Gasteiger partial charge in [-0.3, -0.25) is 4.79 Å². The molecule has 0 fully saturated rings. The third-order valence-electron chi connectivity index (χ3n) is 6.83. The van der Waals surface area contributed by atoms with Crippen LogP contribution in [0.5, 0.6) is 5.88 Å². The van der Waals surface area contributed by atoms with Gasteiger partial charge in [-0.1, -0.05) is 18.2 Å². The van der Waals surface area contributed by atoms with Gasteiger partial charge < -0.3 is 23.7 Å². The predicted molar refractivity (Wildman–Crippen MR) is 152 cm³/mol. The maximum atomic E-state index is 14.2. The zero-order valence-electron chi connectivity index (χ0n) is 22.9. The number of aryl methyl sites for hydroxylation is 2. The molecule has 0 saturated carbocycles. The fraction of sp³-hybridized carbons (Fsp3) is 0.226. The highest BCUT2D eigenvalue weighted by Crippen LogP contribution is 2.23. The molecule has 0 unspecified atom stereocenters. The van der Waals surface area contributed by atoms with Gasteiger partial charge in [0.25, 0.3) is 5.56 Å². The SMILES string of the molecule is COCCn1c(Cn2c(C)cc(-c3cccc(OCc4ccc(C)cc4F)n3)cc2=O)nc2ccc(C(=O)O)cc21. The minimum absolute atomic E-state index is 0.0290. The number of ether oxygens (including phenoxy) is 2. The number of carbonyl (C=O) groups is 1. The van der Waals surface area contributed by atoms with Crippen LogP contribution in [0.25, 0.3) is 22.3 Å². The van der Waals surface area contributed by atoms with Crippen molar-refractivity contribution in [3.05, 3.63) is 111 Å². The largest absolute Gasteiger partial charge is 0.478 e. The second kappa shape index (κ2) is 11.7. The number of carboxylic acids is 1. The first-order chi connectivity index (χ1) is 19.7. The van der Waals surface area contributed by atoms with Gasteiger partial charge in [-0.2, -0.15) is 0 Å². The van der Waals surface area contributed by atoms with Crippen LogP contribution in [0.15, 0.2) is 71.5 Å². The van der Waals surface area contributed by atoms with Gasteiger partial charge in [-0.05, 0) is 55.8 Å². The molecule has 3 aromatic heterocycles. The fourth-order valence-electron chi connectivity index (χ4n) is 4.66. The normalized spacial score (nSPS) is 11.2. The molecule has 0 spiro atoms. The number of fused-ring (bicyclic) bond motifs is 1. The zero-order chi connectivity index (χ0) is 29.1. The van der Waals surface area contributed by atoms with Crippen LogP contribution in [0.2, 0.25) is 0 Å². The summed E-state index contributed by atoms with van der Waals surface area (Å²) in [5.74, 6) is -0.439. The van der Waals surface area contributed by atoms with Crippen molar-refractivity contribution < 1.29 is 23.8 Å². The Morgan fingerprint density at radius 1 is 1.00 bits per heavy atom. The summed E-state index contributed by atoms with van der Waals surface area (Å²) in [5, 5.41) is 9.44. The number of halogens is 1. The minimum Gasteiger partial charge on any atom is -0.478 e. The van der Waals surface area contributed by atoms with Crippen LogP contribution in [-0.4, -0.2) is 43.9 Å². The molecule has 1 N–H and O–H groups in total. The van der Waals surface area contributed by atoms with E-state index in [9.17, 15) is 19.1 Å². The standard InChI is InChI=1S/C31H29FN4O5/c1-19-7-8-22(24(32)13-19)18-41-29-6-4-5-25(34-29)23-14-20(2)36(30(37)16-23)17-28-33-26-10-9-21(31(38)39)15-27(26)35(28)11-12-40-3/h4-10,13-16H,11-12,17-18H2,1-3H3,(H,38,39). The van der Waals surface area contributed by atoms with E-state index in [0.717, 1.165) is 5.56 Å². The summed E-state index contributed by atoms with van der Waals surface area (Å²) in [6.07, 6.45) is 0. The van der Waals surface area contributed by atoms with E-state index in [2.05, 4.69) is 4.98 Å². The van der Waals surface area contributed by atoms with Crippen LogP contribution in [0.4, 0.5) is 4.39 Å². The maximum absolute atomic E-state index is 14.2. The number of rotatable bonds is 10. The van der Waals surface area contributed by atoms with Gasteiger partial charge in [-0.15, -0.1) is 0 Å². The molecule has 2 aromatic carbocycles. The molecule has 0 aliphatic rings. The summed E-state index contributed by atoms with van der Waals surface area (Å²) < 4.78 is 28.7. The molecular formula is C31H29FN4O5. The van der Waals surface area contributed by atoms with Crippen molar-refractivity contribution in [2.75, 3.05) is 13.7 Å². The van der Waals surface area contributed by atoms with Crippen LogP contribution in [0, 0.1) is 19.7 Å². The number of pyridine rings is 2. The lowest BCUT2D eigenvalue weighted by Crippen LogP contribution is -2.24. The monoisotopic (exact) mass is 556 g/mol. The van der Waals surface area contributed by atoms with Crippen LogP contribution in [0.1, 0.15) is 33.0 Å². The Hall–Kier alpha value is -4.83. The molecule has 0 atom stereocenters. The Kier molecular flexibility index (Phi) is 7.93. The molecule has 0 radical (unpaired) electrons. The highest BCUT2D eigenvalue weighted by atomic mass is 19.1. The summed E-state index contributed by atoms with van der Waals surface area (Å²) in [4.78, 5) is 34.1. The fourth-order valence-corrected chi connectivity index (χ4v) is 4.66. The van der Waals surface area contributed by atoms with E-state index < -0.39 is 5.97 Å². The highest BCUT2D eigenvalue weighted by molar-refractivity contribution is 5.92. The molecule has 5 rings (SSSR count). The molecule has 41 heavy (non-hydrogen) atoms. The van der Waals surface area contributed by atoms with E-state index in [4.69, 9.17) is 14.5 Å². The van der Waals surface area contributed by atoms with Crippen molar-refractivity contribution in [2.45, 2.75) is 33.5 Å². The zero-order valence-corrected chi connectivity index (χ0v) is 22.9. The molecule has 10 heteroatoms. The number of aromatic carboxylic acids is 1. The van der Waals surface area contributed by atoms with E-state index >= 15 is 0 Å². The van der Waals surface area contributed by atoms with Crippen LogP contribution in [-0.2, 0) is 24.4 Å². The first-order valence-corrected chi connectivity index (χ1v) is 13.0.